The molecule has 0 bridgehead atoms. The first-order valence-corrected chi connectivity index (χ1v) is 9.57. The van der Waals surface area contributed by atoms with Crippen molar-refractivity contribution in [1.82, 2.24) is 9.80 Å². The van der Waals surface area contributed by atoms with Gasteiger partial charge < -0.3 is 14.2 Å². The Bertz CT molecular complexity index is 1170. The summed E-state index contributed by atoms with van der Waals surface area (Å²) in [6.07, 6.45) is 0. The number of nitrogens with zero attached hydrogens (tertiary/aromatic N) is 2. The number of benzene rings is 2. The molecule has 1 amide bonds. The highest BCUT2D eigenvalue weighted by Crippen LogP contribution is 2.38. The predicted octanol–water partition coefficient (Wildman–Crippen LogP) is 3.66. The molecule has 150 valence electrons. The van der Waals surface area contributed by atoms with E-state index < -0.39 is 6.04 Å². The Labute approximate surface area is 168 Å². The Balaban J connectivity index is 1.96. The summed E-state index contributed by atoms with van der Waals surface area (Å²) in [6, 6.07) is 8.95. The molecule has 0 spiro atoms. The highest BCUT2D eigenvalue weighted by atomic mass is 19.1. The van der Waals surface area contributed by atoms with Gasteiger partial charge in [-0.3, -0.25) is 9.59 Å². The zero-order chi connectivity index (χ0) is 20.9. The van der Waals surface area contributed by atoms with Gasteiger partial charge in [-0.2, -0.15) is 0 Å². The van der Waals surface area contributed by atoms with Crippen LogP contribution in [0.25, 0.3) is 11.0 Å². The summed E-state index contributed by atoms with van der Waals surface area (Å²) in [6.45, 7) is 4.93. The van der Waals surface area contributed by atoms with Gasteiger partial charge >= 0.3 is 0 Å². The summed E-state index contributed by atoms with van der Waals surface area (Å²) in [5.41, 5.74) is 3.20. The number of carbonyl (C=O) groups excluding carboxylic acids is 1. The number of hydrogen-bond acceptors (Lipinski definition) is 4. The van der Waals surface area contributed by atoms with Crippen molar-refractivity contribution in [3.05, 3.63) is 80.5 Å². The highest BCUT2D eigenvalue weighted by molar-refractivity contribution is 5.99. The van der Waals surface area contributed by atoms with Crippen LogP contribution >= 0.6 is 0 Å². The molecule has 0 fully saturated rings. The Morgan fingerprint density at radius 1 is 1.07 bits per heavy atom. The van der Waals surface area contributed by atoms with Gasteiger partial charge in [0.25, 0.3) is 5.91 Å². The van der Waals surface area contributed by atoms with Crippen LogP contribution in [0.3, 0.4) is 0 Å². The van der Waals surface area contributed by atoms with Crippen LogP contribution in [0, 0.1) is 19.7 Å². The molecule has 1 aliphatic heterocycles. The van der Waals surface area contributed by atoms with E-state index in [2.05, 4.69) is 0 Å². The monoisotopic (exact) mass is 394 g/mol. The van der Waals surface area contributed by atoms with E-state index in [1.807, 2.05) is 38.9 Å². The normalized spacial score (nSPS) is 16.1. The highest BCUT2D eigenvalue weighted by Gasteiger charge is 2.42. The van der Waals surface area contributed by atoms with Gasteiger partial charge in [-0.1, -0.05) is 12.1 Å². The molecular weight excluding hydrogens is 371 g/mol. The van der Waals surface area contributed by atoms with Crippen molar-refractivity contribution in [3.63, 3.8) is 0 Å². The minimum absolute atomic E-state index is 0.0823. The molecule has 2 aromatic carbocycles. The fraction of sp³-hybridized carbons (Fsp3) is 0.304. The Morgan fingerprint density at radius 2 is 1.72 bits per heavy atom. The molecule has 5 nitrogen and oxygen atoms in total. The zero-order valence-electron chi connectivity index (χ0n) is 17.0. The second-order valence-corrected chi connectivity index (χ2v) is 7.86. The van der Waals surface area contributed by atoms with Gasteiger partial charge in [0.15, 0.2) is 5.43 Å². The minimum Gasteiger partial charge on any atom is -0.450 e. The molecule has 1 aliphatic rings. The quantitative estimate of drug-likeness (QED) is 0.678. The van der Waals surface area contributed by atoms with E-state index in [0.29, 0.717) is 35.2 Å². The van der Waals surface area contributed by atoms with Crippen molar-refractivity contribution in [2.24, 2.45) is 0 Å². The van der Waals surface area contributed by atoms with Crippen molar-refractivity contribution in [1.29, 1.82) is 0 Å². The van der Waals surface area contributed by atoms with Crippen molar-refractivity contribution in [2.45, 2.75) is 19.9 Å². The van der Waals surface area contributed by atoms with E-state index in [4.69, 9.17) is 4.42 Å². The van der Waals surface area contributed by atoms with E-state index in [9.17, 15) is 14.0 Å². The van der Waals surface area contributed by atoms with Gasteiger partial charge in [0.05, 0.1) is 17.0 Å². The number of rotatable bonds is 4. The third-order valence-electron chi connectivity index (χ3n) is 5.56. The lowest BCUT2D eigenvalue weighted by molar-refractivity contribution is 0.0716. The van der Waals surface area contributed by atoms with E-state index in [0.717, 1.165) is 11.1 Å². The summed E-state index contributed by atoms with van der Waals surface area (Å²) in [7, 11) is 3.84. The van der Waals surface area contributed by atoms with Crippen LogP contribution in [-0.2, 0) is 0 Å². The third kappa shape index (κ3) is 3.23. The number of aryl methyl sites for hydroxylation is 2. The fourth-order valence-corrected chi connectivity index (χ4v) is 3.81. The van der Waals surface area contributed by atoms with E-state index >= 15 is 0 Å². The molecular formula is C23H23FN2O3. The van der Waals surface area contributed by atoms with Gasteiger partial charge in [-0.05, 0) is 68.9 Å². The maximum Gasteiger partial charge on any atom is 0.290 e. The molecule has 0 radical (unpaired) electrons. The van der Waals surface area contributed by atoms with Crippen LogP contribution in [0.4, 0.5) is 4.39 Å². The van der Waals surface area contributed by atoms with E-state index in [1.54, 1.807) is 23.1 Å². The Hall–Kier alpha value is -2.99. The summed E-state index contributed by atoms with van der Waals surface area (Å²) in [5, 5.41) is 0.459. The minimum atomic E-state index is -0.597. The lowest BCUT2D eigenvalue weighted by Crippen LogP contribution is -2.35. The molecule has 1 aromatic heterocycles. The summed E-state index contributed by atoms with van der Waals surface area (Å²) < 4.78 is 19.5. The number of halogens is 1. The standard InChI is InChI=1S/C23H23FN2O3/c1-13-11-17-18(12-14(13)2)29-22-19(21(17)27)20(15-5-7-16(24)8-6-15)26(23(22)28)10-9-25(3)4/h5-8,11-12,20H,9-10H2,1-4H3/t20-/m0/s1. The SMILES string of the molecule is Cc1cc2oc3c(c(=O)c2cc1C)[C@H](c1ccc(F)cc1)N(CCN(C)C)C3=O. The smallest absolute Gasteiger partial charge is 0.290 e. The fourth-order valence-electron chi connectivity index (χ4n) is 3.81. The van der Waals surface area contributed by atoms with Gasteiger partial charge in [0.1, 0.15) is 11.4 Å². The van der Waals surface area contributed by atoms with Gasteiger partial charge in [0.2, 0.25) is 5.76 Å². The molecule has 0 saturated carbocycles. The zero-order valence-corrected chi connectivity index (χ0v) is 17.0. The maximum absolute atomic E-state index is 13.5. The first-order valence-electron chi connectivity index (χ1n) is 9.57. The molecule has 0 unspecified atom stereocenters. The van der Waals surface area contributed by atoms with Gasteiger partial charge in [0, 0.05) is 13.1 Å². The third-order valence-corrected chi connectivity index (χ3v) is 5.56. The molecule has 4 rings (SSSR count). The summed E-state index contributed by atoms with van der Waals surface area (Å²) >= 11 is 0. The molecule has 0 N–H and O–H groups in total. The van der Waals surface area contributed by atoms with Gasteiger partial charge in [-0.25, -0.2) is 4.39 Å². The molecule has 0 saturated heterocycles. The van der Waals surface area contributed by atoms with Crippen LogP contribution in [-0.4, -0.2) is 42.9 Å². The number of carbonyl (C=O) groups is 1. The molecule has 29 heavy (non-hydrogen) atoms. The summed E-state index contributed by atoms with van der Waals surface area (Å²) in [5.74, 6) is -0.595. The average Bonchev–Trinajstić information content (AvgIpc) is 2.95. The lowest BCUT2D eigenvalue weighted by atomic mass is 9.97. The van der Waals surface area contributed by atoms with Crippen LogP contribution in [0.2, 0.25) is 0 Å². The van der Waals surface area contributed by atoms with E-state index in [-0.39, 0.29) is 22.9 Å². The van der Waals surface area contributed by atoms with Crippen LogP contribution < -0.4 is 5.43 Å². The largest absolute Gasteiger partial charge is 0.450 e. The topological polar surface area (TPSA) is 53.8 Å². The van der Waals surface area contributed by atoms with Gasteiger partial charge in [-0.15, -0.1) is 0 Å². The first kappa shape index (κ1) is 19.3. The van der Waals surface area contributed by atoms with Crippen molar-refractivity contribution < 1.29 is 13.6 Å². The molecule has 3 aromatic rings. The maximum atomic E-state index is 13.5. The van der Waals surface area contributed by atoms with Crippen LogP contribution in [0.5, 0.6) is 0 Å². The van der Waals surface area contributed by atoms with E-state index in [1.165, 1.54) is 12.1 Å². The van der Waals surface area contributed by atoms with Crippen LogP contribution in [0.1, 0.15) is 38.9 Å². The van der Waals surface area contributed by atoms with Crippen LogP contribution in [0.15, 0.2) is 45.6 Å². The second-order valence-electron chi connectivity index (χ2n) is 7.86. The molecule has 2 heterocycles. The Kier molecular flexibility index (Phi) is 4.74. The lowest BCUT2D eigenvalue weighted by Gasteiger charge is -2.26. The molecule has 1 atom stereocenters. The van der Waals surface area contributed by atoms with Crippen molar-refractivity contribution in [3.8, 4) is 0 Å². The molecule has 0 aliphatic carbocycles. The number of hydrogen-bond donors (Lipinski definition) is 0. The van der Waals surface area contributed by atoms with Crippen molar-refractivity contribution >= 4 is 16.9 Å². The predicted molar refractivity (Wildman–Crippen MR) is 110 cm³/mol. The first-order chi connectivity index (χ1) is 13.8. The Morgan fingerprint density at radius 3 is 2.38 bits per heavy atom. The average molecular weight is 394 g/mol. The number of fused-ring (bicyclic) bond motifs is 2. The number of amides is 1. The van der Waals surface area contributed by atoms with Crippen molar-refractivity contribution in [2.75, 3.05) is 27.2 Å². The number of likely N-dealkylation sites (N-methyl/N-ethyl adjacent to an activating group) is 1. The molecule has 6 heteroatoms. The second kappa shape index (κ2) is 7.12. The summed E-state index contributed by atoms with van der Waals surface area (Å²) in [4.78, 5) is 30.3.